The minimum absolute atomic E-state index is 0.645. The summed E-state index contributed by atoms with van der Waals surface area (Å²) in [6.45, 7) is 8.65. The van der Waals surface area contributed by atoms with E-state index < -0.39 is 0 Å². The summed E-state index contributed by atoms with van der Waals surface area (Å²) in [6.07, 6.45) is 3.13. The van der Waals surface area contributed by atoms with Crippen LogP contribution in [0.1, 0.15) is 44.3 Å². The first-order valence-electron chi connectivity index (χ1n) is 5.63. The van der Waals surface area contributed by atoms with Gasteiger partial charge in [0, 0.05) is 17.7 Å². The van der Waals surface area contributed by atoms with Gasteiger partial charge in [-0.3, -0.25) is 0 Å². The predicted molar refractivity (Wildman–Crippen MR) is 66.7 cm³/mol. The van der Waals surface area contributed by atoms with Crippen LogP contribution in [0.4, 0.5) is 0 Å². The Morgan fingerprint density at radius 2 is 2.07 bits per heavy atom. The molecule has 1 rings (SSSR count). The molecule has 0 spiro atoms. The van der Waals surface area contributed by atoms with E-state index in [4.69, 9.17) is 12.2 Å². The van der Waals surface area contributed by atoms with Gasteiger partial charge in [-0.25, -0.2) is 4.98 Å². The van der Waals surface area contributed by atoms with Gasteiger partial charge >= 0.3 is 0 Å². The molecule has 0 aliphatic carbocycles. The lowest BCUT2D eigenvalue weighted by Gasteiger charge is -2.10. The molecule has 3 heteroatoms. The average Bonchev–Trinajstić information content (AvgIpc) is 2.13. The standard InChI is InChI=1S/C12H20N2S/c1-5-6-11-13-10(7-8(2)3)9(4)12(15)14-11/h8H,5-7H2,1-4H3,(H,13,14,15). The largest absolute Gasteiger partial charge is 0.347 e. The van der Waals surface area contributed by atoms with E-state index in [-0.39, 0.29) is 0 Å². The van der Waals surface area contributed by atoms with Gasteiger partial charge in [0.2, 0.25) is 0 Å². The van der Waals surface area contributed by atoms with E-state index in [1.54, 1.807) is 0 Å². The molecule has 0 saturated carbocycles. The summed E-state index contributed by atoms with van der Waals surface area (Å²) < 4.78 is 0.757. The number of H-pyrrole nitrogens is 1. The van der Waals surface area contributed by atoms with Crippen molar-refractivity contribution in [3.63, 3.8) is 0 Å². The minimum Gasteiger partial charge on any atom is -0.347 e. The fraction of sp³-hybridized carbons (Fsp3) is 0.667. The Morgan fingerprint density at radius 3 is 2.60 bits per heavy atom. The van der Waals surface area contributed by atoms with Crippen molar-refractivity contribution in [3.05, 3.63) is 21.7 Å². The highest BCUT2D eigenvalue weighted by atomic mass is 32.1. The molecule has 0 aliphatic heterocycles. The first-order valence-corrected chi connectivity index (χ1v) is 6.04. The Morgan fingerprint density at radius 1 is 1.40 bits per heavy atom. The number of rotatable bonds is 4. The van der Waals surface area contributed by atoms with Crippen LogP contribution in [0.5, 0.6) is 0 Å². The smallest absolute Gasteiger partial charge is 0.132 e. The molecule has 0 saturated heterocycles. The molecule has 1 N–H and O–H groups in total. The van der Waals surface area contributed by atoms with Crippen LogP contribution in [0.15, 0.2) is 0 Å². The van der Waals surface area contributed by atoms with Gasteiger partial charge in [0.1, 0.15) is 10.5 Å². The van der Waals surface area contributed by atoms with E-state index >= 15 is 0 Å². The van der Waals surface area contributed by atoms with Crippen molar-refractivity contribution in [2.24, 2.45) is 5.92 Å². The van der Waals surface area contributed by atoms with Crippen LogP contribution in [0.2, 0.25) is 0 Å². The monoisotopic (exact) mass is 224 g/mol. The predicted octanol–water partition coefficient (Wildman–Crippen LogP) is 3.60. The Labute approximate surface area is 97.1 Å². The number of nitrogens with zero attached hydrogens (tertiary/aromatic N) is 1. The normalized spacial score (nSPS) is 11.0. The van der Waals surface area contributed by atoms with Crippen molar-refractivity contribution < 1.29 is 0 Å². The number of aryl methyl sites for hydroxylation is 1. The van der Waals surface area contributed by atoms with E-state index in [9.17, 15) is 0 Å². The molecule has 84 valence electrons. The van der Waals surface area contributed by atoms with Gasteiger partial charge < -0.3 is 4.98 Å². The minimum atomic E-state index is 0.645. The van der Waals surface area contributed by atoms with Crippen molar-refractivity contribution in [2.75, 3.05) is 0 Å². The first kappa shape index (κ1) is 12.4. The highest BCUT2D eigenvalue weighted by Crippen LogP contribution is 2.12. The molecule has 0 amide bonds. The Bertz CT molecular complexity index is 380. The maximum absolute atomic E-state index is 5.26. The summed E-state index contributed by atoms with van der Waals surface area (Å²) in [6, 6.07) is 0. The lowest BCUT2D eigenvalue weighted by Crippen LogP contribution is -2.06. The number of aromatic nitrogens is 2. The van der Waals surface area contributed by atoms with Crippen LogP contribution in [0.25, 0.3) is 0 Å². The van der Waals surface area contributed by atoms with Gasteiger partial charge in [-0.15, -0.1) is 0 Å². The van der Waals surface area contributed by atoms with Crippen LogP contribution in [0, 0.1) is 17.5 Å². The van der Waals surface area contributed by atoms with Gasteiger partial charge in [-0.2, -0.15) is 0 Å². The quantitative estimate of drug-likeness (QED) is 0.792. The maximum atomic E-state index is 5.26. The van der Waals surface area contributed by atoms with Crippen molar-refractivity contribution in [1.82, 2.24) is 9.97 Å². The highest BCUT2D eigenvalue weighted by molar-refractivity contribution is 7.71. The molecule has 1 heterocycles. The molecule has 0 aromatic carbocycles. The molecular formula is C12H20N2S. The number of aromatic amines is 1. The van der Waals surface area contributed by atoms with Gasteiger partial charge in [-0.05, 0) is 25.7 Å². The topological polar surface area (TPSA) is 28.7 Å². The third kappa shape index (κ3) is 3.42. The Hall–Kier alpha value is -0.700. The fourth-order valence-corrected chi connectivity index (χ4v) is 1.83. The maximum Gasteiger partial charge on any atom is 0.132 e. The SMILES string of the molecule is CCCc1nc(=S)c(C)c(CC(C)C)[nH]1. The van der Waals surface area contributed by atoms with Crippen molar-refractivity contribution >= 4 is 12.2 Å². The van der Waals surface area contributed by atoms with Gasteiger partial charge in [0.05, 0.1) is 0 Å². The summed E-state index contributed by atoms with van der Waals surface area (Å²) in [5.74, 6) is 1.68. The Kier molecular flexibility index (Phi) is 4.45. The van der Waals surface area contributed by atoms with Gasteiger partial charge in [0.15, 0.2) is 0 Å². The molecule has 0 bridgehead atoms. The third-order valence-electron chi connectivity index (χ3n) is 2.40. The summed E-state index contributed by atoms with van der Waals surface area (Å²) in [5.41, 5.74) is 2.40. The molecule has 15 heavy (non-hydrogen) atoms. The van der Waals surface area contributed by atoms with Crippen molar-refractivity contribution in [3.8, 4) is 0 Å². The van der Waals surface area contributed by atoms with Crippen LogP contribution < -0.4 is 0 Å². The average molecular weight is 224 g/mol. The van der Waals surface area contributed by atoms with E-state index in [1.165, 1.54) is 5.69 Å². The van der Waals surface area contributed by atoms with Crippen LogP contribution in [-0.4, -0.2) is 9.97 Å². The molecule has 0 aliphatic rings. The van der Waals surface area contributed by atoms with Crippen LogP contribution in [-0.2, 0) is 12.8 Å². The molecular weight excluding hydrogens is 204 g/mol. The zero-order chi connectivity index (χ0) is 11.4. The molecule has 2 nitrogen and oxygen atoms in total. The molecule has 1 aromatic rings. The van der Waals surface area contributed by atoms with Gasteiger partial charge in [0.25, 0.3) is 0 Å². The van der Waals surface area contributed by atoms with Crippen molar-refractivity contribution in [2.45, 2.75) is 47.0 Å². The third-order valence-corrected chi connectivity index (χ3v) is 2.80. The lowest BCUT2D eigenvalue weighted by atomic mass is 10.1. The fourth-order valence-electron chi connectivity index (χ4n) is 1.60. The lowest BCUT2D eigenvalue weighted by molar-refractivity contribution is 0.624. The summed E-state index contributed by atoms with van der Waals surface area (Å²) in [5, 5.41) is 0. The number of hydrogen-bond donors (Lipinski definition) is 1. The van der Waals surface area contributed by atoms with E-state index in [2.05, 4.69) is 37.7 Å². The summed E-state index contributed by atoms with van der Waals surface area (Å²) in [7, 11) is 0. The molecule has 0 radical (unpaired) electrons. The molecule has 1 aromatic heterocycles. The molecule has 0 unspecified atom stereocenters. The van der Waals surface area contributed by atoms with E-state index in [0.29, 0.717) is 5.92 Å². The molecule has 0 fully saturated rings. The van der Waals surface area contributed by atoms with Crippen LogP contribution in [0.3, 0.4) is 0 Å². The first-order chi connectivity index (χ1) is 7.04. The van der Waals surface area contributed by atoms with E-state index in [0.717, 1.165) is 35.3 Å². The summed E-state index contributed by atoms with van der Waals surface area (Å²) >= 11 is 5.26. The zero-order valence-electron chi connectivity index (χ0n) is 10.1. The highest BCUT2D eigenvalue weighted by Gasteiger charge is 2.06. The van der Waals surface area contributed by atoms with Crippen LogP contribution >= 0.6 is 12.2 Å². The summed E-state index contributed by atoms with van der Waals surface area (Å²) in [4.78, 5) is 7.80. The van der Waals surface area contributed by atoms with Crippen molar-refractivity contribution in [1.29, 1.82) is 0 Å². The zero-order valence-corrected chi connectivity index (χ0v) is 10.9. The van der Waals surface area contributed by atoms with Gasteiger partial charge in [-0.1, -0.05) is 33.0 Å². The number of nitrogens with one attached hydrogen (secondary N) is 1. The Balaban J connectivity index is 3.07. The number of hydrogen-bond acceptors (Lipinski definition) is 2. The second-order valence-electron chi connectivity index (χ2n) is 4.44. The van der Waals surface area contributed by atoms with E-state index in [1.807, 2.05) is 0 Å². The molecule has 0 atom stereocenters. The second-order valence-corrected chi connectivity index (χ2v) is 4.83. The second kappa shape index (κ2) is 5.40.